The Hall–Kier alpha value is -2.17. The van der Waals surface area contributed by atoms with E-state index in [4.69, 9.17) is 10.8 Å². The second-order valence-electron chi connectivity index (χ2n) is 2.78. The van der Waals surface area contributed by atoms with E-state index in [1.165, 1.54) is 24.3 Å². The summed E-state index contributed by atoms with van der Waals surface area (Å²) in [6, 6.07) is 5.60. The van der Waals surface area contributed by atoms with Gasteiger partial charge in [0.25, 0.3) is 0 Å². The zero-order valence-corrected chi connectivity index (χ0v) is 7.61. The van der Waals surface area contributed by atoms with Crippen molar-refractivity contribution in [3.8, 4) is 0 Å². The van der Waals surface area contributed by atoms with Crippen LogP contribution in [0.1, 0.15) is 15.9 Å². The van der Waals surface area contributed by atoms with Crippen LogP contribution in [0.25, 0.3) is 6.08 Å². The third-order valence-electron chi connectivity index (χ3n) is 1.69. The van der Waals surface area contributed by atoms with Crippen LogP contribution in [0.3, 0.4) is 0 Å². The Morgan fingerprint density at radius 2 is 1.80 bits per heavy atom. The van der Waals surface area contributed by atoms with E-state index in [9.17, 15) is 14.0 Å². The van der Waals surface area contributed by atoms with E-state index >= 15 is 0 Å². The number of amides is 1. The summed E-state index contributed by atoms with van der Waals surface area (Å²) in [6.07, 6.45) is 0.854. The number of hydrogen-bond acceptors (Lipinski definition) is 2. The Labute approximate surface area is 84.8 Å². The Kier molecular flexibility index (Phi) is 3.17. The molecule has 0 aliphatic rings. The predicted octanol–water partition coefficient (Wildman–Crippen LogP) is 1.18. The lowest BCUT2D eigenvalue weighted by Gasteiger charge is -1.96. The van der Waals surface area contributed by atoms with Crippen molar-refractivity contribution in [2.24, 2.45) is 5.73 Å². The predicted molar refractivity (Wildman–Crippen MR) is 51.7 cm³/mol. The Morgan fingerprint density at radius 3 is 2.20 bits per heavy atom. The molecular weight excluding hydrogens is 201 g/mol. The molecule has 1 amide bonds. The van der Waals surface area contributed by atoms with Crippen molar-refractivity contribution in [1.82, 2.24) is 0 Å². The number of carbonyl (C=O) groups is 2. The first-order valence-electron chi connectivity index (χ1n) is 4.01. The number of benzene rings is 1. The van der Waals surface area contributed by atoms with Crippen LogP contribution < -0.4 is 5.73 Å². The molecule has 15 heavy (non-hydrogen) atoms. The fraction of sp³-hybridized carbons (Fsp3) is 0. The van der Waals surface area contributed by atoms with Gasteiger partial charge in [0.15, 0.2) is 0 Å². The first-order valence-corrected chi connectivity index (χ1v) is 4.01. The average molecular weight is 209 g/mol. The van der Waals surface area contributed by atoms with Gasteiger partial charge in [-0.2, -0.15) is 4.39 Å². The number of aliphatic carboxylic acids is 1. The third kappa shape index (κ3) is 2.91. The maximum absolute atomic E-state index is 12.6. The highest BCUT2D eigenvalue weighted by Gasteiger charge is 2.05. The highest BCUT2D eigenvalue weighted by molar-refractivity contribution is 5.93. The molecule has 5 heteroatoms. The van der Waals surface area contributed by atoms with Crippen LogP contribution in [0.2, 0.25) is 0 Å². The number of carboxylic acid groups (broad SMARTS) is 1. The van der Waals surface area contributed by atoms with Crippen LogP contribution in [0.15, 0.2) is 30.1 Å². The molecular formula is C10H8FNO3. The van der Waals surface area contributed by atoms with Gasteiger partial charge in [-0.05, 0) is 23.8 Å². The minimum absolute atomic E-state index is 0.280. The van der Waals surface area contributed by atoms with Crippen LogP contribution in [0.5, 0.6) is 0 Å². The molecule has 3 N–H and O–H groups in total. The molecule has 1 rings (SSSR count). The van der Waals surface area contributed by atoms with Crippen molar-refractivity contribution < 1.29 is 19.1 Å². The molecule has 0 saturated heterocycles. The van der Waals surface area contributed by atoms with Crippen LogP contribution in [-0.4, -0.2) is 17.0 Å². The molecule has 0 spiro atoms. The van der Waals surface area contributed by atoms with Gasteiger partial charge < -0.3 is 10.8 Å². The van der Waals surface area contributed by atoms with E-state index in [0.717, 1.165) is 6.08 Å². The molecule has 0 aliphatic heterocycles. The standard InChI is InChI=1S/C10H8FNO3/c11-8(10(14)15)5-6-1-3-7(4-2-6)9(12)13/h1-5H,(H2,12,13)(H,14,15). The molecule has 0 bridgehead atoms. The summed E-state index contributed by atoms with van der Waals surface area (Å²) in [6.45, 7) is 0. The second-order valence-corrected chi connectivity index (χ2v) is 2.78. The van der Waals surface area contributed by atoms with Gasteiger partial charge in [-0.3, -0.25) is 4.79 Å². The lowest BCUT2D eigenvalue weighted by atomic mass is 10.1. The monoisotopic (exact) mass is 209 g/mol. The number of hydrogen-bond donors (Lipinski definition) is 2. The molecule has 0 fully saturated rings. The highest BCUT2D eigenvalue weighted by atomic mass is 19.1. The number of carboxylic acids is 1. The molecule has 0 unspecified atom stereocenters. The summed E-state index contributed by atoms with van der Waals surface area (Å²) >= 11 is 0. The molecule has 1 aromatic rings. The lowest BCUT2D eigenvalue weighted by Crippen LogP contribution is -2.10. The molecule has 78 valence electrons. The van der Waals surface area contributed by atoms with Crippen LogP contribution in [-0.2, 0) is 4.79 Å². The first-order chi connectivity index (χ1) is 7.00. The van der Waals surface area contributed by atoms with Crippen molar-refractivity contribution in [2.45, 2.75) is 0 Å². The van der Waals surface area contributed by atoms with Gasteiger partial charge in [0, 0.05) is 5.56 Å². The van der Waals surface area contributed by atoms with Crippen LogP contribution in [0.4, 0.5) is 4.39 Å². The maximum atomic E-state index is 12.6. The number of primary amides is 1. The Morgan fingerprint density at radius 1 is 1.27 bits per heavy atom. The molecule has 0 aliphatic carbocycles. The first kappa shape index (κ1) is 10.9. The summed E-state index contributed by atoms with van der Waals surface area (Å²) in [5.74, 6) is -3.49. The minimum atomic E-state index is -1.63. The summed E-state index contributed by atoms with van der Waals surface area (Å²) in [5.41, 5.74) is 5.62. The van der Waals surface area contributed by atoms with Gasteiger partial charge in [0.05, 0.1) is 0 Å². The molecule has 1 aromatic carbocycles. The van der Waals surface area contributed by atoms with Crippen LogP contribution >= 0.6 is 0 Å². The quantitative estimate of drug-likeness (QED) is 0.733. The van der Waals surface area contributed by atoms with Crippen molar-refractivity contribution in [3.05, 3.63) is 41.2 Å². The van der Waals surface area contributed by atoms with Crippen molar-refractivity contribution in [1.29, 1.82) is 0 Å². The minimum Gasteiger partial charge on any atom is -0.476 e. The Bertz CT molecular complexity index is 423. The zero-order chi connectivity index (χ0) is 11.4. The molecule has 0 saturated carbocycles. The SMILES string of the molecule is NC(=O)c1ccc(C=C(F)C(=O)O)cc1. The molecule has 0 heterocycles. The molecule has 0 aromatic heterocycles. The second kappa shape index (κ2) is 4.36. The normalized spacial score (nSPS) is 11.1. The third-order valence-corrected chi connectivity index (χ3v) is 1.69. The van der Waals surface area contributed by atoms with E-state index < -0.39 is 17.7 Å². The van der Waals surface area contributed by atoms with E-state index in [2.05, 4.69) is 0 Å². The van der Waals surface area contributed by atoms with Crippen molar-refractivity contribution in [2.75, 3.05) is 0 Å². The molecule has 0 atom stereocenters. The van der Waals surface area contributed by atoms with Crippen molar-refractivity contribution >= 4 is 18.0 Å². The molecule has 0 radical (unpaired) electrons. The van der Waals surface area contributed by atoms with Gasteiger partial charge in [-0.1, -0.05) is 12.1 Å². The summed E-state index contributed by atoms with van der Waals surface area (Å²) in [5, 5.41) is 8.27. The number of carbonyl (C=O) groups excluding carboxylic acids is 1. The topological polar surface area (TPSA) is 80.4 Å². The van der Waals surface area contributed by atoms with E-state index in [0.29, 0.717) is 5.56 Å². The smallest absolute Gasteiger partial charge is 0.364 e. The van der Waals surface area contributed by atoms with Crippen LogP contribution in [0, 0.1) is 0 Å². The number of halogens is 1. The van der Waals surface area contributed by atoms with Gasteiger partial charge >= 0.3 is 5.97 Å². The summed E-state index contributed by atoms with van der Waals surface area (Å²) in [7, 11) is 0. The highest BCUT2D eigenvalue weighted by Crippen LogP contribution is 2.09. The van der Waals surface area contributed by atoms with E-state index in [1.54, 1.807) is 0 Å². The average Bonchev–Trinajstić information content (AvgIpc) is 2.18. The van der Waals surface area contributed by atoms with Gasteiger partial charge in [0.2, 0.25) is 11.7 Å². The number of nitrogens with two attached hydrogens (primary N) is 1. The largest absolute Gasteiger partial charge is 0.476 e. The fourth-order valence-electron chi connectivity index (χ4n) is 0.952. The number of rotatable bonds is 3. The van der Waals surface area contributed by atoms with Crippen molar-refractivity contribution in [3.63, 3.8) is 0 Å². The fourth-order valence-corrected chi connectivity index (χ4v) is 0.952. The maximum Gasteiger partial charge on any atom is 0.364 e. The summed E-state index contributed by atoms with van der Waals surface area (Å²) < 4.78 is 12.6. The lowest BCUT2D eigenvalue weighted by molar-refractivity contribution is -0.134. The van der Waals surface area contributed by atoms with Gasteiger partial charge in [-0.15, -0.1) is 0 Å². The Balaban J connectivity index is 2.95. The molecule has 4 nitrogen and oxygen atoms in total. The van der Waals surface area contributed by atoms with E-state index in [1.807, 2.05) is 0 Å². The zero-order valence-electron chi connectivity index (χ0n) is 7.61. The van der Waals surface area contributed by atoms with E-state index in [-0.39, 0.29) is 5.56 Å². The summed E-state index contributed by atoms with van der Waals surface area (Å²) in [4.78, 5) is 20.8. The van der Waals surface area contributed by atoms with Gasteiger partial charge in [0.1, 0.15) is 0 Å². The van der Waals surface area contributed by atoms with Gasteiger partial charge in [-0.25, -0.2) is 4.79 Å².